The van der Waals surface area contributed by atoms with Crippen LogP contribution in [-0.4, -0.2) is 11.0 Å². The molecular weight excluding hydrogens is 288 g/mol. The van der Waals surface area contributed by atoms with Gasteiger partial charge in [0.1, 0.15) is 24.5 Å². The Morgan fingerprint density at radius 3 is 2.22 bits per heavy atom. The van der Waals surface area contributed by atoms with Gasteiger partial charge in [-0.05, 0) is 31.2 Å². The normalized spacial score (nSPS) is 11.5. The highest BCUT2D eigenvalue weighted by molar-refractivity contribution is 5.29. The molecule has 0 N–H and O–H groups in total. The largest absolute Gasteiger partial charge is 0.554 e. The van der Waals surface area contributed by atoms with E-state index in [1.54, 1.807) is 0 Å². The van der Waals surface area contributed by atoms with Crippen molar-refractivity contribution in [3.05, 3.63) is 54.6 Å². The first-order valence-corrected chi connectivity index (χ1v) is 7.85. The molecule has 0 radical (unpaired) electrons. The van der Waals surface area contributed by atoms with E-state index in [1.165, 1.54) is 5.56 Å². The minimum Gasteiger partial charge on any atom is -0.554 e. The van der Waals surface area contributed by atoms with Crippen molar-refractivity contribution < 1.29 is 14.5 Å². The van der Waals surface area contributed by atoms with Crippen molar-refractivity contribution in [2.75, 3.05) is 0 Å². The summed E-state index contributed by atoms with van der Waals surface area (Å²) in [6, 6.07) is 10.6. The number of benzene rings is 1. The molecule has 0 saturated carbocycles. The molecule has 0 fully saturated rings. The number of carboxylic acid groups (broad SMARTS) is 1. The van der Waals surface area contributed by atoms with Gasteiger partial charge < -0.3 is 9.90 Å². The summed E-state index contributed by atoms with van der Waals surface area (Å²) in [4.78, 5) is 8.25. The third kappa shape index (κ3) is 6.68. The first-order valence-electron chi connectivity index (χ1n) is 7.85. The molecule has 4 heteroatoms. The smallest absolute Gasteiger partial charge is 0.244 e. The van der Waals surface area contributed by atoms with Crippen molar-refractivity contribution in [1.82, 2.24) is 4.57 Å². The zero-order valence-corrected chi connectivity index (χ0v) is 14.8. The number of hydrogen-bond donors (Lipinski definition) is 0. The van der Waals surface area contributed by atoms with E-state index in [-0.39, 0.29) is 5.54 Å². The van der Waals surface area contributed by atoms with Gasteiger partial charge in [-0.3, -0.25) is 0 Å². The van der Waals surface area contributed by atoms with Gasteiger partial charge in [0, 0.05) is 6.47 Å². The summed E-state index contributed by atoms with van der Waals surface area (Å²) in [5.41, 5.74) is 1.81. The highest BCUT2D eigenvalue weighted by Crippen LogP contribution is 2.31. The Morgan fingerprint density at radius 1 is 1.13 bits per heavy atom. The van der Waals surface area contributed by atoms with Crippen molar-refractivity contribution in [3.63, 3.8) is 0 Å². The number of rotatable bonds is 4. The molecule has 0 saturated heterocycles. The standard InChI is InChI=1S/C18H27N2.CH2O2/c1-17(2,3)14-18(4,5)20-12-11-19(15-20)13-16-9-7-6-8-10-16;2-1-3/h6-12,15H,13-14H2,1-5H3;1H,(H,2,3)/q+1;/p-1. The molecule has 0 bridgehead atoms. The van der Waals surface area contributed by atoms with Crippen LogP contribution in [0.2, 0.25) is 0 Å². The van der Waals surface area contributed by atoms with Gasteiger partial charge >= 0.3 is 0 Å². The SMILES string of the molecule is CC(C)(C)CC(C)(C)n1cc[n+](Cc2ccccc2)c1.O=C[O-]. The van der Waals surface area contributed by atoms with E-state index in [9.17, 15) is 0 Å². The maximum Gasteiger partial charge on any atom is 0.244 e. The van der Waals surface area contributed by atoms with E-state index in [4.69, 9.17) is 9.90 Å². The quantitative estimate of drug-likeness (QED) is 0.642. The predicted molar refractivity (Wildman–Crippen MR) is 89.6 cm³/mol. The Labute approximate surface area is 139 Å². The van der Waals surface area contributed by atoms with Gasteiger partial charge in [-0.15, -0.1) is 0 Å². The van der Waals surface area contributed by atoms with Gasteiger partial charge in [0.25, 0.3) is 0 Å². The summed E-state index contributed by atoms with van der Waals surface area (Å²) in [6.45, 7) is 12.0. The van der Waals surface area contributed by atoms with Crippen LogP contribution in [-0.2, 0) is 16.9 Å². The lowest BCUT2D eigenvalue weighted by molar-refractivity contribution is -0.688. The zero-order chi connectivity index (χ0) is 17.5. The first kappa shape index (κ1) is 18.9. The van der Waals surface area contributed by atoms with E-state index in [0.717, 1.165) is 13.0 Å². The Balaban J connectivity index is 0.000000816. The topological polar surface area (TPSA) is 48.9 Å². The zero-order valence-electron chi connectivity index (χ0n) is 14.8. The summed E-state index contributed by atoms with van der Waals surface area (Å²) in [5.74, 6) is 0. The second kappa shape index (κ2) is 7.95. The Morgan fingerprint density at radius 2 is 1.70 bits per heavy atom. The average Bonchev–Trinajstić information content (AvgIpc) is 2.87. The molecule has 2 aromatic rings. The van der Waals surface area contributed by atoms with E-state index >= 15 is 0 Å². The summed E-state index contributed by atoms with van der Waals surface area (Å²) in [5, 5.41) is 8.25. The van der Waals surface area contributed by atoms with Crippen LogP contribution in [0.1, 0.15) is 46.6 Å². The molecule has 0 unspecified atom stereocenters. The molecule has 2 rings (SSSR count). The molecule has 0 aliphatic carbocycles. The molecule has 0 aliphatic heterocycles. The predicted octanol–water partition coefficient (Wildman–Crippen LogP) is 2.36. The van der Waals surface area contributed by atoms with Gasteiger partial charge in [-0.25, -0.2) is 9.13 Å². The molecule has 1 aromatic carbocycles. The third-order valence-electron chi connectivity index (χ3n) is 3.56. The molecule has 0 aliphatic rings. The minimum atomic E-state index is -0.500. The van der Waals surface area contributed by atoms with Crippen LogP contribution in [0.5, 0.6) is 0 Å². The fourth-order valence-electron chi connectivity index (χ4n) is 3.03. The van der Waals surface area contributed by atoms with Crippen molar-refractivity contribution in [1.29, 1.82) is 0 Å². The molecule has 0 atom stereocenters. The molecule has 1 heterocycles. The minimum absolute atomic E-state index is 0.139. The van der Waals surface area contributed by atoms with Crippen LogP contribution < -0.4 is 9.67 Å². The van der Waals surface area contributed by atoms with Crippen LogP contribution in [0.3, 0.4) is 0 Å². The van der Waals surface area contributed by atoms with Gasteiger partial charge in [-0.2, -0.15) is 0 Å². The average molecular weight is 316 g/mol. The molecule has 0 amide bonds. The lowest BCUT2D eigenvalue weighted by atomic mass is 9.82. The van der Waals surface area contributed by atoms with Gasteiger partial charge in [0.15, 0.2) is 0 Å². The lowest BCUT2D eigenvalue weighted by Gasteiger charge is -2.29. The Bertz CT molecular complexity index is 595. The van der Waals surface area contributed by atoms with Crippen molar-refractivity contribution >= 4 is 6.47 Å². The van der Waals surface area contributed by atoms with Crippen molar-refractivity contribution in [2.45, 2.75) is 53.1 Å². The summed E-state index contributed by atoms with van der Waals surface area (Å²) >= 11 is 0. The van der Waals surface area contributed by atoms with Crippen LogP contribution >= 0.6 is 0 Å². The van der Waals surface area contributed by atoms with Crippen LogP contribution in [0.4, 0.5) is 0 Å². The molecule has 126 valence electrons. The fraction of sp³-hybridized carbons (Fsp3) is 0.474. The van der Waals surface area contributed by atoms with Gasteiger partial charge in [0.05, 0.1) is 0 Å². The maximum atomic E-state index is 8.25. The van der Waals surface area contributed by atoms with E-state index in [1.807, 2.05) is 0 Å². The fourth-order valence-corrected chi connectivity index (χ4v) is 3.03. The van der Waals surface area contributed by atoms with Crippen LogP contribution in [0, 0.1) is 5.41 Å². The molecular formula is C19H28N2O2. The van der Waals surface area contributed by atoms with E-state index in [2.05, 4.69) is 92.8 Å². The van der Waals surface area contributed by atoms with Crippen LogP contribution in [0.25, 0.3) is 0 Å². The van der Waals surface area contributed by atoms with Gasteiger partial charge in [0.2, 0.25) is 6.33 Å². The lowest BCUT2D eigenvalue weighted by Crippen LogP contribution is -2.35. The Kier molecular flexibility index (Phi) is 6.55. The Hall–Kier alpha value is -2.10. The summed E-state index contributed by atoms with van der Waals surface area (Å²) < 4.78 is 4.58. The van der Waals surface area contributed by atoms with Crippen molar-refractivity contribution in [3.8, 4) is 0 Å². The van der Waals surface area contributed by atoms with Gasteiger partial charge in [-0.1, -0.05) is 51.1 Å². The number of nitrogens with zero attached hydrogens (tertiary/aromatic N) is 2. The first-order chi connectivity index (χ1) is 10.7. The van der Waals surface area contributed by atoms with E-state index < -0.39 is 6.47 Å². The van der Waals surface area contributed by atoms with Crippen LogP contribution in [0.15, 0.2) is 49.1 Å². The number of carbonyl (C=O) groups excluding carboxylic acids is 1. The maximum absolute atomic E-state index is 8.25. The number of imidazole rings is 1. The third-order valence-corrected chi connectivity index (χ3v) is 3.56. The molecule has 0 spiro atoms. The summed E-state index contributed by atoms with van der Waals surface area (Å²) in [7, 11) is 0. The summed E-state index contributed by atoms with van der Waals surface area (Å²) in [6.07, 6.45) is 7.73. The second-order valence-corrected chi connectivity index (χ2v) is 7.62. The monoisotopic (exact) mass is 316 g/mol. The number of hydrogen-bond acceptors (Lipinski definition) is 2. The second-order valence-electron chi connectivity index (χ2n) is 7.62. The number of aromatic nitrogens is 2. The number of carbonyl (C=O) groups is 1. The van der Waals surface area contributed by atoms with Crippen molar-refractivity contribution in [2.24, 2.45) is 5.41 Å². The highest BCUT2D eigenvalue weighted by Gasteiger charge is 2.31. The molecule has 4 nitrogen and oxygen atoms in total. The van der Waals surface area contributed by atoms with E-state index in [0.29, 0.717) is 5.41 Å². The molecule has 1 aromatic heterocycles. The highest BCUT2D eigenvalue weighted by atomic mass is 16.3. The molecule has 23 heavy (non-hydrogen) atoms.